The molecule has 1 heterocycles. The minimum absolute atomic E-state index is 0.0902. The maximum absolute atomic E-state index is 12.0. The van der Waals surface area contributed by atoms with Crippen molar-refractivity contribution < 1.29 is 9.90 Å². The van der Waals surface area contributed by atoms with Crippen molar-refractivity contribution in [3.63, 3.8) is 0 Å². The molecule has 1 amide bonds. The number of carbonyl (C=O) groups excluding carboxylic acids is 1. The summed E-state index contributed by atoms with van der Waals surface area (Å²) in [5.74, 6) is 0.610. The fraction of sp³-hybridized carbons (Fsp3) is 0.929. The highest BCUT2D eigenvalue weighted by molar-refractivity contribution is 5.78. The first kappa shape index (κ1) is 15.4. The standard InChI is InChI=1S/C14H28N2O2/c1-10(2)8-14(4,18)9-16-13(17)12-5-6-15-11(3)7-12/h10-12,15,18H,5-9H2,1-4H3,(H,16,17). The Morgan fingerprint density at radius 1 is 1.56 bits per heavy atom. The van der Waals surface area contributed by atoms with Crippen LogP contribution in [0.2, 0.25) is 0 Å². The lowest BCUT2D eigenvalue weighted by molar-refractivity contribution is -0.127. The van der Waals surface area contributed by atoms with Crippen LogP contribution in [0.1, 0.15) is 47.0 Å². The van der Waals surface area contributed by atoms with Crippen LogP contribution in [0.25, 0.3) is 0 Å². The first-order chi connectivity index (χ1) is 8.30. The second kappa shape index (κ2) is 6.53. The molecular formula is C14H28N2O2. The van der Waals surface area contributed by atoms with Crippen LogP contribution in [0.3, 0.4) is 0 Å². The molecule has 4 heteroatoms. The van der Waals surface area contributed by atoms with E-state index >= 15 is 0 Å². The van der Waals surface area contributed by atoms with Crippen molar-refractivity contribution in [3.05, 3.63) is 0 Å². The summed E-state index contributed by atoms with van der Waals surface area (Å²) in [7, 11) is 0. The van der Waals surface area contributed by atoms with Gasteiger partial charge in [-0.1, -0.05) is 13.8 Å². The van der Waals surface area contributed by atoms with Gasteiger partial charge in [0, 0.05) is 18.5 Å². The SMILES string of the molecule is CC(C)CC(C)(O)CNC(=O)C1CCNC(C)C1. The van der Waals surface area contributed by atoms with Crippen molar-refractivity contribution >= 4 is 5.91 Å². The number of hydrogen-bond acceptors (Lipinski definition) is 3. The number of rotatable bonds is 5. The molecule has 0 bridgehead atoms. The Hall–Kier alpha value is -0.610. The van der Waals surface area contributed by atoms with Gasteiger partial charge >= 0.3 is 0 Å². The first-order valence-corrected chi connectivity index (χ1v) is 7.03. The summed E-state index contributed by atoms with van der Waals surface area (Å²) in [5, 5.41) is 16.4. The Morgan fingerprint density at radius 3 is 2.78 bits per heavy atom. The van der Waals surface area contributed by atoms with E-state index in [4.69, 9.17) is 0 Å². The van der Waals surface area contributed by atoms with E-state index in [1.165, 1.54) is 0 Å². The molecule has 3 atom stereocenters. The molecule has 1 fully saturated rings. The highest BCUT2D eigenvalue weighted by Gasteiger charge is 2.27. The molecule has 106 valence electrons. The smallest absolute Gasteiger partial charge is 0.223 e. The van der Waals surface area contributed by atoms with Gasteiger partial charge in [0.1, 0.15) is 0 Å². The number of aliphatic hydroxyl groups is 1. The summed E-state index contributed by atoms with van der Waals surface area (Å²) < 4.78 is 0. The number of amides is 1. The highest BCUT2D eigenvalue weighted by atomic mass is 16.3. The quantitative estimate of drug-likeness (QED) is 0.694. The minimum atomic E-state index is -0.803. The van der Waals surface area contributed by atoms with Gasteiger partial charge in [0.05, 0.1) is 5.60 Å². The monoisotopic (exact) mass is 256 g/mol. The van der Waals surface area contributed by atoms with Gasteiger partial charge in [0.25, 0.3) is 0 Å². The lowest BCUT2D eigenvalue weighted by Crippen LogP contribution is -2.47. The first-order valence-electron chi connectivity index (χ1n) is 7.03. The molecule has 0 spiro atoms. The Balaban J connectivity index is 2.36. The van der Waals surface area contributed by atoms with Crippen molar-refractivity contribution in [3.8, 4) is 0 Å². The third-order valence-corrected chi connectivity index (χ3v) is 3.49. The van der Waals surface area contributed by atoms with E-state index in [-0.39, 0.29) is 11.8 Å². The van der Waals surface area contributed by atoms with Crippen LogP contribution < -0.4 is 10.6 Å². The summed E-state index contributed by atoms with van der Waals surface area (Å²) >= 11 is 0. The summed E-state index contributed by atoms with van der Waals surface area (Å²) in [6, 6.07) is 0.408. The van der Waals surface area contributed by atoms with Crippen LogP contribution in [-0.2, 0) is 4.79 Å². The van der Waals surface area contributed by atoms with E-state index in [1.54, 1.807) is 6.92 Å². The van der Waals surface area contributed by atoms with Gasteiger partial charge < -0.3 is 15.7 Å². The lowest BCUT2D eigenvalue weighted by atomic mass is 9.91. The largest absolute Gasteiger partial charge is 0.388 e. The topological polar surface area (TPSA) is 61.4 Å². The van der Waals surface area contributed by atoms with Gasteiger partial charge in [-0.15, -0.1) is 0 Å². The Bertz CT molecular complexity index is 277. The molecule has 3 N–H and O–H groups in total. The summed E-state index contributed by atoms with van der Waals surface area (Å²) in [5.41, 5.74) is -0.803. The third kappa shape index (κ3) is 5.36. The van der Waals surface area contributed by atoms with E-state index in [0.29, 0.717) is 24.9 Å². The van der Waals surface area contributed by atoms with E-state index in [9.17, 15) is 9.90 Å². The van der Waals surface area contributed by atoms with E-state index < -0.39 is 5.60 Å². The van der Waals surface area contributed by atoms with Crippen molar-refractivity contribution in [1.82, 2.24) is 10.6 Å². The van der Waals surface area contributed by atoms with Gasteiger partial charge in [0.2, 0.25) is 5.91 Å². The van der Waals surface area contributed by atoms with Crippen LogP contribution in [0.15, 0.2) is 0 Å². The van der Waals surface area contributed by atoms with Gasteiger partial charge in [-0.2, -0.15) is 0 Å². The molecule has 0 saturated carbocycles. The summed E-state index contributed by atoms with van der Waals surface area (Å²) in [6.07, 6.45) is 2.48. The van der Waals surface area contributed by atoms with Crippen LogP contribution in [0, 0.1) is 11.8 Å². The van der Waals surface area contributed by atoms with Gasteiger partial charge in [0.15, 0.2) is 0 Å². The molecule has 0 aliphatic carbocycles. The zero-order valence-electron chi connectivity index (χ0n) is 12.1. The number of piperidine rings is 1. The Kier molecular flexibility index (Phi) is 5.60. The molecule has 3 unspecified atom stereocenters. The lowest BCUT2D eigenvalue weighted by Gasteiger charge is -2.30. The molecule has 1 saturated heterocycles. The Morgan fingerprint density at radius 2 is 2.22 bits per heavy atom. The number of hydrogen-bond donors (Lipinski definition) is 3. The summed E-state index contributed by atoms with van der Waals surface area (Å²) in [6.45, 7) is 9.30. The highest BCUT2D eigenvalue weighted by Crippen LogP contribution is 2.18. The second-order valence-electron chi connectivity index (χ2n) is 6.39. The van der Waals surface area contributed by atoms with Crippen molar-refractivity contribution in [2.24, 2.45) is 11.8 Å². The molecule has 0 aromatic carbocycles. The van der Waals surface area contributed by atoms with Crippen LogP contribution in [-0.4, -0.2) is 35.7 Å². The fourth-order valence-electron chi connectivity index (χ4n) is 2.74. The maximum Gasteiger partial charge on any atom is 0.223 e. The molecular weight excluding hydrogens is 228 g/mol. The van der Waals surface area contributed by atoms with Gasteiger partial charge in [-0.25, -0.2) is 0 Å². The van der Waals surface area contributed by atoms with Crippen molar-refractivity contribution in [1.29, 1.82) is 0 Å². The zero-order valence-corrected chi connectivity index (χ0v) is 12.1. The predicted octanol–water partition coefficient (Wildman–Crippen LogP) is 1.29. The molecule has 1 rings (SSSR count). The third-order valence-electron chi connectivity index (χ3n) is 3.49. The average molecular weight is 256 g/mol. The number of carbonyl (C=O) groups is 1. The van der Waals surface area contributed by atoms with Crippen LogP contribution >= 0.6 is 0 Å². The second-order valence-corrected chi connectivity index (χ2v) is 6.39. The van der Waals surface area contributed by atoms with Gasteiger partial charge in [-0.3, -0.25) is 4.79 Å². The Labute approximate surface area is 111 Å². The normalized spacial score (nSPS) is 27.9. The van der Waals surface area contributed by atoms with Crippen LogP contribution in [0.4, 0.5) is 0 Å². The fourth-order valence-corrected chi connectivity index (χ4v) is 2.74. The van der Waals surface area contributed by atoms with E-state index in [2.05, 4.69) is 31.4 Å². The van der Waals surface area contributed by atoms with Crippen LogP contribution in [0.5, 0.6) is 0 Å². The molecule has 18 heavy (non-hydrogen) atoms. The summed E-state index contributed by atoms with van der Waals surface area (Å²) in [4.78, 5) is 12.0. The molecule has 0 aromatic rings. The minimum Gasteiger partial charge on any atom is -0.388 e. The molecule has 1 aliphatic heterocycles. The maximum atomic E-state index is 12.0. The molecule has 1 aliphatic rings. The van der Waals surface area contributed by atoms with E-state index in [0.717, 1.165) is 19.4 Å². The zero-order chi connectivity index (χ0) is 13.8. The van der Waals surface area contributed by atoms with Crippen molar-refractivity contribution in [2.75, 3.05) is 13.1 Å². The van der Waals surface area contributed by atoms with Crippen molar-refractivity contribution in [2.45, 2.75) is 58.6 Å². The predicted molar refractivity (Wildman–Crippen MR) is 73.3 cm³/mol. The number of nitrogens with one attached hydrogen (secondary N) is 2. The molecule has 0 aromatic heterocycles. The molecule has 4 nitrogen and oxygen atoms in total. The van der Waals surface area contributed by atoms with Gasteiger partial charge in [-0.05, 0) is 45.6 Å². The average Bonchev–Trinajstić information content (AvgIpc) is 2.24. The molecule has 0 radical (unpaired) electrons. The van der Waals surface area contributed by atoms with E-state index in [1.807, 2.05) is 0 Å².